The van der Waals surface area contributed by atoms with Crippen LogP contribution in [0.5, 0.6) is 0 Å². The van der Waals surface area contributed by atoms with Crippen molar-refractivity contribution >= 4 is 10.1 Å². The van der Waals surface area contributed by atoms with Crippen LogP contribution in [0.3, 0.4) is 0 Å². The van der Waals surface area contributed by atoms with Crippen LogP contribution in [0.2, 0.25) is 0 Å². The first-order valence-corrected chi connectivity index (χ1v) is 13.1. The van der Waals surface area contributed by atoms with Gasteiger partial charge < -0.3 is 9.04 Å². The molecule has 230 valence electrons. The third-order valence-corrected chi connectivity index (χ3v) is 6.36. The summed E-state index contributed by atoms with van der Waals surface area (Å²) in [6.45, 7) is 18.8. The fourth-order valence-corrected chi connectivity index (χ4v) is 3.90. The number of nitrogens with zero attached hydrogens (tertiary/aromatic N) is 1. The standard InChI is InChI=1S/C12H16F10O3S.C12H20N/c13-8(6-4-2-1-3-5-7-9(14,15)16)10(17,18)11(19,20)12(21,22)26(23,24)25;1-5-9-13(10-6-2,11-7-3)12-8-4/h8H,1-7H2,(H,23,24,25);5-8H,1-4,9-12H2/q;+1/p-1. The van der Waals surface area contributed by atoms with Crippen molar-refractivity contribution in [2.24, 2.45) is 0 Å². The molecule has 0 amide bonds. The molecule has 0 saturated carbocycles. The molecule has 4 nitrogen and oxygen atoms in total. The van der Waals surface area contributed by atoms with Crippen LogP contribution in [0.25, 0.3) is 0 Å². The Bertz CT molecular complexity index is 828. The minimum absolute atomic E-state index is 0.00445. The smallest absolute Gasteiger partial charge is 0.402 e. The number of quaternary nitrogens is 1. The van der Waals surface area contributed by atoms with Crippen LogP contribution in [-0.4, -0.2) is 73.1 Å². The first-order chi connectivity index (χ1) is 17.6. The van der Waals surface area contributed by atoms with Crippen molar-refractivity contribution < 1.29 is 61.4 Å². The predicted octanol–water partition coefficient (Wildman–Crippen LogP) is 7.57. The van der Waals surface area contributed by atoms with E-state index in [0.29, 0.717) is 0 Å². The molecule has 0 aromatic rings. The van der Waals surface area contributed by atoms with Crippen molar-refractivity contribution in [2.75, 3.05) is 26.2 Å². The molecule has 0 rings (SSSR count). The van der Waals surface area contributed by atoms with Crippen molar-refractivity contribution in [3.63, 3.8) is 0 Å². The summed E-state index contributed by atoms with van der Waals surface area (Å²) < 4.78 is 158. The van der Waals surface area contributed by atoms with Gasteiger partial charge in [-0.25, -0.2) is 12.8 Å². The summed E-state index contributed by atoms with van der Waals surface area (Å²) in [6.07, 6.45) is -3.94. The van der Waals surface area contributed by atoms with Crippen LogP contribution in [0.15, 0.2) is 50.6 Å². The van der Waals surface area contributed by atoms with Gasteiger partial charge in [-0.15, -0.1) is 0 Å². The number of hydrogen-bond acceptors (Lipinski definition) is 3. The summed E-state index contributed by atoms with van der Waals surface area (Å²) in [4.78, 5) is 0. The predicted molar refractivity (Wildman–Crippen MR) is 128 cm³/mol. The van der Waals surface area contributed by atoms with Gasteiger partial charge in [-0.05, 0) is 37.1 Å². The number of hydrogen-bond donors (Lipinski definition) is 0. The average Bonchev–Trinajstić information content (AvgIpc) is 2.77. The highest BCUT2D eigenvalue weighted by Gasteiger charge is 2.77. The van der Waals surface area contributed by atoms with Gasteiger partial charge in [-0.1, -0.05) is 52.0 Å². The van der Waals surface area contributed by atoms with E-state index in [1.54, 1.807) is 0 Å². The third kappa shape index (κ3) is 12.5. The highest BCUT2D eigenvalue weighted by Crippen LogP contribution is 2.50. The minimum Gasteiger partial charge on any atom is -0.743 e. The lowest BCUT2D eigenvalue weighted by atomic mass is 10.0. The monoisotopic (exact) mass is 607 g/mol. The first kappa shape index (κ1) is 39.3. The number of rotatable bonds is 19. The van der Waals surface area contributed by atoms with E-state index < -0.39 is 58.8 Å². The lowest BCUT2D eigenvalue weighted by Crippen LogP contribution is -2.61. The molecule has 0 N–H and O–H groups in total. The zero-order valence-corrected chi connectivity index (χ0v) is 22.2. The Morgan fingerprint density at radius 1 is 0.692 bits per heavy atom. The fourth-order valence-electron chi connectivity index (χ4n) is 3.45. The molecule has 0 bridgehead atoms. The molecule has 39 heavy (non-hydrogen) atoms. The number of unbranched alkanes of at least 4 members (excludes halogenated alkanes) is 4. The lowest BCUT2D eigenvalue weighted by Gasteiger charge is -2.35. The van der Waals surface area contributed by atoms with E-state index in [1.807, 2.05) is 24.3 Å². The Kier molecular flexibility index (Phi) is 16.5. The van der Waals surface area contributed by atoms with Gasteiger partial charge in [0.05, 0.1) is 26.2 Å². The molecule has 0 heterocycles. The second-order valence-electron chi connectivity index (χ2n) is 8.78. The van der Waals surface area contributed by atoms with Gasteiger partial charge in [-0.3, -0.25) is 0 Å². The lowest BCUT2D eigenvalue weighted by molar-refractivity contribution is -0.906. The Morgan fingerprint density at radius 3 is 1.38 bits per heavy atom. The topological polar surface area (TPSA) is 57.2 Å². The summed E-state index contributed by atoms with van der Waals surface area (Å²) in [7, 11) is -7.20. The van der Waals surface area contributed by atoms with E-state index in [4.69, 9.17) is 0 Å². The maximum absolute atomic E-state index is 13.3. The third-order valence-electron chi connectivity index (χ3n) is 5.47. The van der Waals surface area contributed by atoms with Gasteiger partial charge in [0.2, 0.25) is 0 Å². The maximum Gasteiger partial charge on any atom is 0.402 e. The molecular formula is C24H35F10NO3S. The van der Waals surface area contributed by atoms with Gasteiger partial charge in [0.1, 0.15) is 0 Å². The van der Waals surface area contributed by atoms with Crippen molar-refractivity contribution in [1.82, 2.24) is 0 Å². The Balaban J connectivity index is 0. The molecule has 1 atom stereocenters. The fraction of sp³-hybridized carbons (Fsp3) is 0.667. The van der Waals surface area contributed by atoms with Crippen LogP contribution in [-0.2, 0) is 10.1 Å². The summed E-state index contributed by atoms with van der Waals surface area (Å²) in [5, 5.41) is -6.73. The van der Waals surface area contributed by atoms with E-state index in [1.165, 1.54) is 0 Å². The van der Waals surface area contributed by atoms with Gasteiger partial charge in [0, 0.05) is 6.42 Å². The van der Waals surface area contributed by atoms with Gasteiger partial charge in [0.25, 0.3) is 0 Å². The molecule has 0 aromatic heterocycles. The van der Waals surface area contributed by atoms with Crippen molar-refractivity contribution in [3.8, 4) is 0 Å². The van der Waals surface area contributed by atoms with E-state index in [9.17, 15) is 56.9 Å². The zero-order chi connectivity index (χ0) is 31.2. The Morgan fingerprint density at radius 2 is 1.05 bits per heavy atom. The summed E-state index contributed by atoms with van der Waals surface area (Å²) in [5.41, 5.74) is 0. The second kappa shape index (κ2) is 16.4. The molecule has 0 saturated heterocycles. The van der Waals surface area contributed by atoms with Crippen molar-refractivity contribution in [2.45, 2.75) is 74.4 Å². The second-order valence-corrected chi connectivity index (χ2v) is 10.2. The van der Waals surface area contributed by atoms with Crippen LogP contribution in [0, 0.1) is 0 Å². The molecule has 1 unspecified atom stereocenters. The quantitative estimate of drug-likeness (QED) is 0.0501. The summed E-state index contributed by atoms with van der Waals surface area (Å²) >= 11 is 0. The van der Waals surface area contributed by atoms with Crippen LogP contribution < -0.4 is 0 Å². The SMILES string of the molecule is C=CC[N+](CC=C)(CC=C)CC=C.O=S(=O)([O-])C(F)(F)C(F)(F)C(F)(F)C(F)CCCCCCCC(F)(F)F. The highest BCUT2D eigenvalue weighted by molar-refractivity contribution is 7.86. The molecule has 0 fully saturated rings. The molecule has 0 aromatic carbocycles. The maximum atomic E-state index is 13.3. The van der Waals surface area contributed by atoms with E-state index in [0.717, 1.165) is 30.7 Å². The molecule has 0 aliphatic heterocycles. The van der Waals surface area contributed by atoms with E-state index in [-0.39, 0.29) is 25.7 Å². The van der Waals surface area contributed by atoms with E-state index >= 15 is 0 Å². The molecular weight excluding hydrogens is 572 g/mol. The number of halogens is 10. The average molecular weight is 608 g/mol. The van der Waals surface area contributed by atoms with Crippen LogP contribution >= 0.6 is 0 Å². The normalized spacial score (nSPS) is 14.1. The summed E-state index contributed by atoms with van der Waals surface area (Å²) in [5.74, 6) is -12.9. The molecule has 0 aliphatic rings. The van der Waals surface area contributed by atoms with Crippen molar-refractivity contribution in [3.05, 3.63) is 50.6 Å². The van der Waals surface area contributed by atoms with E-state index in [2.05, 4.69) is 26.3 Å². The highest BCUT2D eigenvalue weighted by atomic mass is 32.2. The Labute approximate surface area is 223 Å². The molecule has 15 heteroatoms. The van der Waals surface area contributed by atoms with Gasteiger partial charge >= 0.3 is 23.3 Å². The van der Waals surface area contributed by atoms with Crippen LogP contribution in [0.1, 0.15) is 44.9 Å². The first-order valence-electron chi connectivity index (χ1n) is 11.7. The zero-order valence-electron chi connectivity index (χ0n) is 21.4. The molecule has 0 radical (unpaired) electrons. The molecule has 0 spiro atoms. The summed E-state index contributed by atoms with van der Waals surface area (Å²) in [6, 6.07) is 0. The largest absolute Gasteiger partial charge is 0.743 e. The number of alkyl halides is 10. The molecule has 0 aliphatic carbocycles. The van der Waals surface area contributed by atoms with Gasteiger partial charge in [-0.2, -0.15) is 39.5 Å². The minimum atomic E-state index is -7.20. The van der Waals surface area contributed by atoms with Crippen molar-refractivity contribution in [1.29, 1.82) is 0 Å². The van der Waals surface area contributed by atoms with Gasteiger partial charge in [0.15, 0.2) is 16.3 Å². The van der Waals surface area contributed by atoms with Crippen LogP contribution in [0.4, 0.5) is 43.9 Å². The Hall–Kier alpha value is -1.87.